The van der Waals surface area contributed by atoms with Gasteiger partial charge < -0.3 is 14.8 Å². The van der Waals surface area contributed by atoms with Crippen LogP contribution in [-0.4, -0.2) is 43.9 Å². The van der Waals surface area contributed by atoms with Crippen molar-refractivity contribution in [3.8, 4) is 0 Å². The van der Waals surface area contributed by atoms with Crippen molar-refractivity contribution in [3.63, 3.8) is 0 Å². The molecule has 0 bridgehead atoms. The van der Waals surface area contributed by atoms with E-state index in [4.69, 9.17) is 9.47 Å². The molecule has 1 aromatic heterocycles. The van der Waals surface area contributed by atoms with Crippen molar-refractivity contribution in [1.29, 1.82) is 0 Å². The molecule has 0 aromatic carbocycles. The van der Waals surface area contributed by atoms with Crippen LogP contribution < -0.4 is 5.32 Å². The summed E-state index contributed by atoms with van der Waals surface area (Å²) >= 11 is 0. The fourth-order valence-corrected chi connectivity index (χ4v) is 1.17. The third-order valence-corrected chi connectivity index (χ3v) is 2.14. The number of tetrazole rings is 1. The molecule has 9 heteroatoms. The lowest BCUT2D eigenvalue weighted by atomic mass is 10.2. The lowest BCUT2D eigenvalue weighted by Crippen LogP contribution is -2.42. The van der Waals surface area contributed by atoms with Crippen molar-refractivity contribution in [1.82, 2.24) is 25.5 Å². The Balaban J connectivity index is 2.40. The quantitative estimate of drug-likeness (QED) is 0.785. The van der Waals surface area contributed by atoms with Crippen LogP contribution >= 0.6 is 0 Å². The predicted molar refractivity (Wildman–Crippen MR) is 67.4 cm³/mol. The second-order valence-electron chi connectivity index (χ2n) is 5.19. The smallest absolute Gasteiger partial charge is 0.408 e. The molecule has 9 nitrogen and oxygen atoms in total. The summed E-state index contributed by atoms with van der Waals surface area (Å²) in [7, 11) is 1.63. The van der Waals surface area contributed by atoms with Gasteiger partial charge in [-0.15, -0.1) is 5.10 Å². The van der Waals surface area contributed by atoms with E-state index >= 15 is 0 Å². The van der Waals surface area contributed by atoms with Crippen LogP contribution in [0.2, 0.25) is 0 Å². The number of nitrogens with one attached hydrogen (secondary N) is 1. The van der Waals surface area contributed by atoms with E-state index in [1.165, 1.54) is 11.6 Å². The van der Waals surface area contributed by atoms with E-state index in [0.29, 0.717) is 5.82 Å². The minimum Gasteiger partial charge on any atom is -0.456 e. The molecule has 0 aliphatic rings. The number of amides is 1. The van der Waals surface area contributed by atoms with E-state index < -0.39 is 23.7 Å². The summed E-state index contributed by atoms with van der Waals surface area (Å²) in [6, 6.07) is -0.828. The number of rotatable bonds is 4. The predicted octanol–water partition coefficient (Wildman–Crippen LogP) is 0.167. The average molecular weight is 285 g/mol. The highest BCUT2D eigenvalue weighted by molar-refractivity contribution is 5.80. The molecule has 0 unspecified atom stereocenters. The summed E-state index contributed by atoms with van der Waals surface area (Å²) in [5, 5.41) is 13.1. The summed E-state index contributed by atoms with van der Waals surface area (Å²) in [5.74, 6) is -0.193. The number of hydrogen-bond acceptors (Lipinski definition) is 7. The van der Waals surface area contributed by atoms with Crippen LogP contribution in [0.5, 0.6) is 0 Å². The molecular weight excluding hydrogens is 266 g/mol. The molecule has 1 N–H and O–H groups in total. The van der Waals surface area contributed by atoms with Gasteiger partial charge in [-0.2, -0.15) is 0 Å². The number of carbonyl (C=O) groups is 2. The first kappa shape index (κ1) is 15.9. The van der Waals surface area contributed by atoms with Gasteiger partial charge in [0.25, 0.3) is 0 Å². The van der Waals surface area contributed by atoms with Crippen molar-refractivity contribution in [3.05, 3.63) is 5.82 Å². The molecule has 0 radical (unpaired) electrons. The number of esters is 1. The summed E-state index contributed by atoms with van der Waals surface area (Å²) in [5.41, 5.74) is -0.627. The van der Waals surface area contributed by atoms with Crippen LogP contribution in [-0.2, 0) is 27.9 Å². The third kappa shape index (κ3) is 5.21. The maximum Gasteiger partial charge on any atom is 0.408 e. The van der Waals surface area contributed by atoms with Crippen molar-refractivity contribution >= 4 is 12.1 Å². The van der Waals surface area contributed by atoms with Gasteiger partial charge in [0, 0.05) is 7.05 Å². The molecule has 0 aliphatic carbocycles. The first-order valence-electron chi connectivity index (χ1n) is 6.06. The summed E-state index contributed by atoms with van der Waals surface area (Å²) in [4.78, 5) is 23.2. The average Bonchev–Trinajstić information content (AvgIpc) is 2.68. The van der Waals surface area contributed by atoms with Crippen molar-refractivity contribution in [2.75, 3.05) is 0 Å². The molecule has 1 amide bonds. The van der Waals surface area contributed by atoms with Crippen LogP contribution in [0.4, 0.5) is 4.79 Å². The number of hydrogen-bond donors (Lipinski definition) is 1. The molecule has 20 heavy (non-hydrogen) atoms. The minimum atomic E-state index is -0.828. The highest BCUT2D eigenvalue weighted by Gasteiger charge is 2.22. The highest BCUT2D eigenvalue weighted by Crippen LogP contribution is 2.07. The van der Waals surface area contributed by atoms with E-state index in [9.17, 15) is 9.59 Å². The van der Waals surface area contributed by atoms with Crippen molar-refractivity contribution in [2.24, 2.45) is 7.05 Å². The van der Waals surface area contributed by atoms with Gasteiger partial charge in [-0.25, -0.2) is 14.3 Å². The molecule has 1 aromatic rings. The van der Waals surface area contributed by atoms with Gasteiger partial charge >= 0.3 is 12.1 Å². The maximum atomic E-state index is 11.7. The maximum absolute atomic E-state index is 11.7. The first-order chi connectivity index (χ1) is 9.19. The van der Waals surface area contributed by atoms with Gasteiger partial charge in [0.1, 0.15) is 11.6 Å². The Morgan fingerprint density at radius 2 is 2.05 bits per heavy atom. The lowest BCUT2D eigenvalue weighted by molar-refractivity contribution is -0.147. The van der Waals surface area contributed by atoms with Crippen LogP contribution in [0.3, 0.4) is 0 Å². The molecule has 1 rings (SSSR count). The molecule has 0 aliphatic heterocycles. The fraction of sp³-hybridized carbons (Fsp3) is 0.727. The van der Waals surface area contributed by atoms with Gasteiger partial charge in [-0.05, 0) is 38.1 Å². The summed E-state index contributed by atoms with van der Waals surface area (Å²) in [6.45, 7) is 6.63. The van der Waals surface area contributed by atoms with Gasteiger partial charge in [0.05, 0.1) is 0 Å². The molecular formula is C11H19N5O4. The Hall–Kier alpha value is -2.19. The number of carbonyl (C=O) groups excluding carboxylic acids is 2. The van der Waals surface area contributed by atoms with Gasteiger partial charge in [-0.3, -0.25) is 0 Å². The molecule has 0 saturated carbocycles. The zero-order chi connectivity index (χ0) is 15.3. The molecule has 1 atom stereocenters. The van der Waals surface area contributed by atoms with Crippen LogP contribution in [0.15, 0.2) is 0 Å². The summed E-state index contributed by atoms with van der Waals surface area (Å²) in [6.07, 6.45) is -0.678. The minimum absolute atomic E-state index is 0.0668. The Morgan fingerprint density at radius 3 is 2.55 bits per heavy atom. The Kier molecular flexibility index (Phi) is 5.00. The molecule has 1 heterocycles. The van der Waals surface area contributed by atoms with Crippen LogP contribution in [0.1, 0.15) is 33.5 Å². The van der Waals surface area contributed by atoms with Crippen molar-refractivity contribution in [2.45, 2.75) is 45.9 Å². The highest BCUT2D eigenvalue weighted by atomic mass is 16.6. The lowest BCUT2D eigenvalue weighted by Gasteiger charge is -2.21. The van der Waals surface area contributed by atoms with E-state index in [-0.39, 0.29) is 6.61 Å². The summed E-state index contributed by atoms with van der Waals surface area (Å²) < 4.78 is 11.4. The Bertz CT molecular complexity index is 479. The van der Waals surface area contributed by atoms with Crippen LogP contribution in [0.25, 0.3) is 0 Å². The molecule has 0 spiro atoms. The molecule has 0 fully saturated rings. The second-order valence-corrected chi connectivity index (χ2v) is 5.19. The third-order valence-electron chi connectivity index (χ3n) is 2.14. The Morgan fingerprint density at radius 1 is 1.40 bits per heavy atom. The van der Waals surface area contributed by atoms with Gasteiger partial charge in [-0.1, -0.05) is 0 Å². The second kappa shape index (κ2) is 6.31. The first-order valence-corrected chi connectivity index (χ1v) is 6.06. The van der Waals surface area contributed by atoms with Crippen molar-refractivity contribution < 1.29 is 19.1 Å². The Labute approximate surface area is 116 Å². The van der Waals surface area contributed by atoms with E-state index in [1.54, 1.807) is 27.8 Å². The number of aryl methyl sites for hydroxylation is 1. The van der Waals surface area contributed by atoms with Gasteiger partial charge in [0.2, 0.25) is 0 Å². The number of aromatic nitrogens is 4. The number of nitrogens with zero attached hydrogens (tertiary/aromatic N) is 4. The number of alkyl carbamates (subject to hydrolysis) is 1. The SMILES string of the molecule is C[C@H](NC(=O)OC(C)(C)C)C(=O)OCc1nnnn1C. The zero-order valence-corrected chi connectivity index (χ0v) is 12.2. The molecule has 0 saturated heterocycles. The van der Waals surface area contributed by atoms with Crippen LogP contribution in [0, 0.1) is 0 Å². The zero-order valence-electron chi connectivity index (χ0n) is 12.2. The van der Waals surface area contributed by atoms with Gasteiger partial charge in [0.15, 0.2) is 12.4 Å². The normalized spacial score (nSPS) is 12.7. The molecule has 112 valence electrons. The standard InChI is InChI=1S/C11H19N5O4/c1-7(12-10(18)20-11(2,3)4)9(17)19-6-8-13-14-15-16(8)5/h7H,6H2,1-5H3,(H,12,18)/t7-/m0/s1. The van der Waals surface area contributed by atoms with E-state index in [0.717, 1.165) is 0 Å². The fourth-order valence-electron chi connectivity index (χ4n) is 1.17. The largest absolute Gasteiger partial charge is 0.456 e. The topological polar surface area (TPSA) is 108 Å². The van der Waals surface area contributed by atoms with E-state index in [1.807, 2.05) is 0 Å². The number of ether oxygens (including phenoxy) is 2. The van der Waals surface area contributed by atoms with E-state index in [2.05, 4.69) is 20.8 Å². The monoisotopic (exact) mass is 285 g/mol.